The van der Waals surface area contributed by atoms with E-state index >= 15 is 0 Å². The highest BCUT2D eigenvalue weighted by Gasteiger charge is 2.16. The fraction of sp³-hybridized carbons (Fsp3) is 0.857. The summed E-state index contributed by atoms with van der Waals surface area (Å²) in [7, 11) is 3.08. The number of rotatable bonds is 9. The maximum atomic E-state index is 11.2. The number of carbonyl (C=O) groups excluding carboxylic acids is 2. The predicted octanol–water partition coefficient (Wildman–Crippen LogP) is 2.76. The van der Waals surface area contributed by atoms with Crippen molar-refractivity contribution in [2.45, 2.75) is 58.3 Å². The van der Waals surface area contributed by atoms with E-state index in [0.29, 0.717) is 6.61 Å². The van der Waals surface area contributed by atoms with Gasteiger partial charge in [0, 0.05) is 14.1 Å². The minimum atomic E-state index is -0.747. The minimum Gasteiger partial charge on any atom is -0.459 e. The Morgan fingerprint density at radius 3 is 1.89 bits per heavy atom. The SMILES string of the molecule is CCCCCCCCCCOC(=O)C(=O)N(C)C. The molecular weight excluding hydrogens is 230 g/mol. The number of esters is 1. The molecule has 0 heterocycles. The van der Waals surface area contributed by atoms with Crippen LogP contribution in [0.1, 0.15) is 58.3 Å². The van der Waals surface area contributed by atoms with Crippen LogP contribution in [-0.2, 0) is 14.3 Å². The molecule has 0 aliphatic heterocycles. The van der Waals surface area contributed by atoms with Crippen molar-refractivity contribution < 1.29 is 14.3 Å². The molecule has 0 saturated heterocycles. The lowest BCUT2D eigenvalue weighted by Crippen LogP contribution is -2.31. The van der Waals surface area contributed by atoms with Crippen molar-refractivity contribution in [2.75, 3.05) is 20.7 Å². The summed E-state index contributed by atoms with van der Waals surface area (Å²) in [6.07, 6.45) is 9.57. The van der Waals surface area contributed by atoms with Crippen LogP contribution < -0.4 is 0 Å². The fourth-order valence-electron chi connectivity index (χ4n) is 1.65. The largest absolute Gasteiger partial charge is 0.459 e. The van der Waals surface area contributed by atoms with Crippen molar-refractivity contribution in [1.29, 1.82) is 0 Å². The standard InChI is InChI=1S/C14H27NO3/c1-4-5-6-7-8-9-10-11-12-18-14(17)13(16)15(2)3/h4-12H2,1-3H3. The molecule has 0 aromatic heterocycles. The number of nitrogens with zero attached hydrogens (tertiary/aromatic N) is 1. The molecule has 0 aromatic rings. The van der Waals surface area contributed by atoms with Gasteiger partial charge >= 0.3 is 11.9 Å². The van der Waals surface area contributed by atoms with Crippen molar-refractivity contribution in [3.05, 3.63) is 0 Å². The molecule has 0 atom stereocenters. The van der Waals surface area contributed by atoms with Gasteiger partial charge in [0.15, 0.2) is 0 Å². The van der Waals surface area contributed by atoms with Gasteiger partial charge in [-0.25, -0.2) is 4.79 Å². The quantitative estimate of drug-likeness (QED) is 0.362. The van der Waals surface area contributed by atoms with Crippen molar-refractivity contribution in [3.63, 3.8) is 0 Å². The zero-order chi connectivity index (χ0) is 13.8. The van der Waals surface area contributed by atoms with Gasteiger partial charge in [-0.3, -0.25) is 4.79 Å². The Balaban J connectivity index is 3.30. The molecule has 0 aliphatic carbocycles. The first-order chi connectivity index (χ1) is 8.59. The van der Waals surface area contributed by atoms with Crippen LogP contribution in [-0.4, -0.2) is 37.5 Å². The molecule has 1 amide bonds. The monoisotopic (exact) mass is 257 g/mol. The maximum Gasteiger partial charge on any atom is 0.396 e. The van der Waals surface area contributed by atoms with Crippen LogP contribution in [0.5, 0.6) is 0 Å². The lowest BCUT2D eigenvalue weighted by atomic mass is 10.1. The molecule has 4 nitrogen and oxygen atoms in total. The number of unbranched alkanes of at least 4 members (excludes halogenated alkanes) is 7. The van der Waals surface area contributed by atoms with E-state index in [1.54, 1.807) is 14.1 Å². The summed E-state index contributed by atoms with van der Waals surface area (Å²) in [5.74, 6) is -1.34. The Kier molecular flexibility index (Phi) is 10.4. The zero-order valence-corrected chi connectivity index (χ0v) is 12.0. The van der Waals surface area contributed by atoms with Crippen LogP contribution in [0.2, 0.25) is 0 Å². The highest BCUT2D eigenvalue weighted by atomic mass is 16.5. The molecule has 0 aliphatic rings. The third kappa shape index (κ3) is 9.02. The summed E-state index contributed by atoms with van der Waals surface area (Å²) in [5, 5.41) is 0. The van der Waals surface area contributed by atoms with E-state index in [4.69, 9.17) is 4.74 Å². The lowest BCUT2D eigenvalue weighted by molar-refractivity contribution is -0.158. The van der Waals surface area contributed by atoms with E-state index in [2.05, 4.69) is 6.92 Å². The average molecular weight is 257 g/mol. The third-order valence-electron chi connectivity index (χ3n) is 2.81. The molecule has 18 heavy (non-hydrogen) atoms. The Labute approximate surface area is 111 Å². The second-order valence-corrected chi connectivity index (χ2v) is 4.81. The number of hydrogen-bond donors (Lipinski definition) is 0. The summed E-state index contributed by atoms with van der Waals surface area (Å²) in [6, 6.07) is 0. The molecule has 4 heteroatoms. The molecule has 106 valence electrons. The Morgan fingerprint density at radius 2 is 1.39 bits per heavy atom. The van der Waals surface area contributed by atoms with E-state index in [0.717, 1.165) is 12.8 Å². The first-order valence-electron chi connectivity index (χ1n) is 6.98. The van der Waals surface area contributed by atoms with Gasteiger partial charge in [0.05, 0.1) is 6.61 Å². The lowest BCUT2D eigenvalue weighted by Gasteiger charge is -2.09. The zero-order valence-electron chi connectivity index (χ0n) is 12.0. The minimum absolute atomic E-state index is 0.355. The van der Waals surface area contributed by atoms with E-state index in [-0.39, 0.29) is 0 Å². The smallest absolute Gasteiger partial charge is 0.396 e. The molecule has 0 spiro atoms. The van der Waals surface area contributed by atoms with Gasteiger partial charge in [0.25, 0.3) is 0 Å². The van der Waals surface area contributed by atoms with E-state index in [1.165, 1.54) is 43.4 Å². The second-order valence-electron chi connectivity index (χ2n) is 4.81. The Bertz CT molecular complexity index is 239. The van der Waals surface area contributed by atoms with Crippen LogP contribution in [0, 0.1) is 0 Å². The van der Waals surface area contributed by atoms with Gasteiger partial charge in [0.1, 0.15) is 0 Å². The van der Waals surface area contributed by atoms with Crippen molar-refractivity contribution in [1.82, 2.24) is 4.90 Å². The first-order valence-corrected chi connectivity index (χ1v) is 6.98. The summed E-state index contributed by atoms with van der Waals surface area (Å²) < 4.78 is 4.88. The summed E-state index contributed by atoms with van der Waals surface area (Å²) >= 11 is 0. The summed E-state index contributed by atoms with van der Waals surface area (Å²) in [6.45, 7) is 2.57. The number of carbonyl (C=O) groups is 2. The third-order valence-corrected chi connectivity index (χ3v) is 2.81. The molecule has 0 N–H and O–H groups in total. The van der Waals surface area contributed by atoms with E-state index in [1.807, 2.05) is 0 Å². The van der Waals surface area contributed by atoms with Crippen molar-refractivity contribution in [2.24, 2.45) is 0 Å². The highest BCUT2D eigenvalue weighted by molar-refractivity contribution is 6.32. The summed E-state index contributed by atoms with van der Waals surface area (Å²) in [5.41, 5.74) is 0. The van der Waals surface area contributed by atoms with Crippen LogP contribution in [0.3, 0.4) is 0 Å². The van der Waals surface area contributed by atoms with Crippen molar-refractivity contribution in [3.8, 4) is 0 Å². The Hall–Kier alpha value is -1.06. The van der Waals surface area contributed by atoms with E-state index in [9.17, 15) is 9.59 Å². The number of likely N-dealkylation sites (N-methyl/N-ethyl adjacent to an activating group) is 1. The summed E-state index contributed by atoms with van der Waals surface area (Å²) in [4.78, 5) is 23.6. The van der Waals surface area contributed by atoms with Crippen LogP contribution in [0.15, 0.2) is 0 Å². The van der Waals surface area contributed by atoms with Crippen LogP contribution in [0.25, 0.3) is 0 Å². The van der Waals surface area contributed by atoms with Gasteiger partial charge < -0.3 is 9.64 Å². The second kappa shape index (κ2) is 11.1. The van der Waals surface area contributed by atoms with Crippen molar-refractivity contribution >= 4 is 11.9 Å². The normalized spacial score (nSPS) is 10.2. The van der Waals surface area contributed by atoms with Gasteiger partial charge in [0.2, 0.25) is 0 Å². The van der Waals surface area contributed by atoms with Gasteiger partial charge in [-0.05, 0) is 6.42 Å². The molecule has 0 saturated carbocycles. The highest BCUT2D eigenvalue weighted by Crippen LogP contribution is 2.08. The topological polar surface area (TPSA) is 46.6 Å². The fourth-order valence-corrected chi connectivity index (χ4v) is 1.65. The molecular formula is C14H27NO3. The molecule has 0 bridgehead atoms. The Morgan fingerprint density at radius 1 is 0.889 bits per heavy atom. The first kappa shape index (κ1) is 16.9. The van der Waals surface area contributed by atoms with E-state index < -0.39 is 11.9 Å². The molecule has 0 radical (unpaired) electrons. The molecule has 0 unspecified atom stereocenters. The van der Waals surface area contributed by atoms with Crippen LogP contribution in [0.4, 0.5) is 0 Å². The van der Waals surface area contributed by atoms with Gasteiger partial charge in [-0.1, -0.05) is 51.9 Å². The number of ether oxygens (including phenoxy) is 1. The predicted molar refractivity (Wildman–Crippen MR) is 72.3 cm³/mol. The molecule has 0 fully saturated rings. The average Bonchev–Trinajstić information content (AvgIpc) is 2.35. The van der Waals surface area contributed by atoms with Gasteiger partial charge in [-0.2, -0.15) is 0 Å². The van der Waals surface area contributed by atoms with Crippen LogP contribution >= 0.6 is 0 Å². The molecule has 0 rings (SSSR count). The number of amides is 1. The number of hydrogen-bond acceptors (Lipinski definition) is 3. The van der Waals surface area contributed by atoms with Gasteiger partial charge in [-0.15, -0.1) is 0 Å². The molecule has 0 aromatic carbocycles. The maximum absolute atomic E-state index is 11.2.